The van der Waals surface area contributed by atoms with Crippen LogP contribution in [0, 0.1) is 0 Å². The molecule has 0 saturated carbocycles. The highest BCUT2D eigenvalue weighted by atomic mass is 32.2. The quantitative estimate of drug-likeness (QED) is 0.887. The van der Waals surface area contributed by atoms with Crippen LogP contribution in [0.4, 0.5) is 0 Å². The van der Waals surface area contributed by atoms with E-state index in [4.69, 9.17) is 4.74 Å². The van der Waals surface area contributed by atoms with Crippen LogP contribution in [-0.2, 0) is 22.9 Å². The average Bonchev–Trinajstić information content (AvgIpc) is 3.07. The first-order chi connectivity index (χ1) is 11.6. The zero-order chi connectivity index (χ0) is 16.6. The lowest BCUT2D eigenvalue weighted by molar-refractivity contribution is 0.356. The van der Waals surface area contributed by atoms with Crippen molar-refractivity contribution >= 4 is 10.0 Å². The third kappa shape index (κ3) is 2.92. The second kappa shape index (κ2) is 6.20. The topological polar surface area (TPSA) is 67.4 Å². The van der Waals surface area contributed by atoms with Gasteiger partial charge in [-0.05, 0) is 47.9 Å². The van der Waals surface area contributed by atoms with E-state index in [-0.39, 0.29) is 6.04 Å². The van der Waals surface area contributed by atoms with Crippen molar-refractivity contribution in [2.24, 2.45) is 0 Å². The zero-order valence-electron chi connectivity index (χ0n) is 13.3. The van der Waals surface area contributed by atoms with Gasteiger partial charge in [-0.15, -0.1) is 0 Å². The van der Waals surface area contributed by atoms with Crippen molar-refractivity contribution in [1.29, 1.82) is 0 Å². The Balaban J connectivity index is 1.51. The third-order valence-corrected chi connectivity index (χ3v) is 6.09. The second-order valence-electron chi connectivity index (χ2n) is 6.18. The molecule has 1 atom stereocenters. The van der Waals surface area contributed by atoms with Gasteiger partial charge in [0, 0.05) is 19.0 Å². The van der Waals surface area contributed by atoms with E-state index in [1.54, 1.807) is 18.2 Å². The number of hydrogen-bond acceptors (Lipinski definition) is 4. The molecule has 24 heavy (non-hydrogen) atoms. The summed E-state index contributed by atoms with van der Waals surface area (Å²) < 4.78 is 33.4. The summed E-state index contributed by atoms with van der Waals surface area (Å²) in [5, 5.41) is 3.39. The van der Waals surface area contributed by atoms with Crippen LogP contribution in [0.25, 0.3) is 0 Å². The molecule has 126 valence electrons. The van der Waals surface area contributed by atoms with Gasteiger partial charge in [-0.2, -0.15) is 0 Å². The highest BCUT2D eigenvalue weighted by molar-refractivity contribution is 7.89. The molecule has 6 heteroatoms. The van der Waals surface area contributed by atoms with Crippen molar-refractivity contribution < 1.29 is 13.2 Å². The van der Waals surface area contributed by atoms with E-state index in [1.807, 2.05) is 12.1 Å². The fourth-order valence-corrected chi connectivity index (χ4v) is 4.48. The minimum absolute atomic E-state index is 0.00230. The Morgan fingerprint density at radius 2 is 2.00 bits per heavy atom. The van der Waals surface area contributed by atoms with E-state index < -0.39 is 10.0 Å². The lowest BCUT2D eigenvalue weighted by atomic mass is 9.95. The molecule has 0 aliphatic carbocycles. The van der Waals surface area contributed by atoms with Gasteiger partial charge in [0.1, 0.15) is 5.75 Å². The van der Waals surface area contributed by atoms with Gasteiger partial charge < -0.3 is 10.1 Å². The van der Waals surface area contributed by atoms with Crippen molar-refractivity contribution in [2.75, 3.05) is 19.7 Å². The van der Waals surface area contributed by atoms with E-state index >= 15 is 0 Å². The Kier molecular flexibility index (Phi) is 4.04. The summed E-state index contributed by atoms with van der Waals surface area (Å²) in [5.41, 5.74) is 3.42. The summed E-state index contributed by atoms with van der Waals surface area (Å²) in [4.78, 5) is 0.302. The van der Waals surface area contributed by atoms with Crippen LogP contribution in [0.5, 0.6) is 5.75 Å². The smallest absolute Gasteiger partial charge is 0.240 e. The lowest BCUT2D eigenvalue weighted by Crippen LogP contribution is -2.38. The normalized spacial score (nSPS) is 19.4. The molecule has 0 saturated heterocycles. The van der Waals surface area contributed by atoms with Gasteiger partial charge in [0.25, 0.3) is 0 Å². The van der Waals surface area contributed by atoms with E-state index in [9.17, 15) is 8.42 Å². The molecule has 2 N–H and O–H groups in total. The molecular weight excluding hydrogens is 324 g/mol. The summed E-state index contributed by atoms with van der Waals surface area (Å²) in [6, 6.07) is 13.3. The molecule has 2 heterocycles. The molecular formula is C18H20N2O3S. The Labute approximate surface area is 142 Å². The summed E-state index contributed by atoms with van der Waals surface area (Å²) >= 11 is 0. The minimum atomic E-state index is -3.53. The van der Waals surface area contributed by atoms with Crippen LogP contribution in [0.3, 0.4) is 0 Å². The summed E-state index contributed by atoms with van der Waals surface area (Å²) in [5.74, 6) is 0.789. The molecule has 2 aliphatic heterocycles. The zero-order valence-corrected chi connectivity index (χ0v) is 14.1. The number of sulfonamides is 1. The summed E-state index contributed by atoms with van der Waals surface area (Å²) in [7, 11) is -3.53. The van der Waals surface area contributed by atoms with Crippen molar-refractivity contribution in [3.63, 3.8) is 0 Å². The first-order valence-corrected chi connectivity index (χ1v) is 9.68. The Morgan fingerprint density at radius 1 is 1.12 bits per heavy atom. The van der Waals surface area contributed by atoms with E-state index in [0.717, 1.165) is 30.7 Å². The van der Waals surface area contributed by atoms with Gasteiger partial charge >= 0.3 is 0 Å². The molecule has 5 nitrogen and oxygen atoms in total. The number of nitrogens with one attached hydrogen (secondary N) is 2. The highest BCUT2D eigenvalue weighted by Crippen LogP contribution is 2.28. The molecule has 0 amide bonds. The van der Waals surface area contributed by atoms with Crippen molar-refractivity contribution in [2.45, 2.75) is 23.8 Å². The maximum Gasteiger partial charge on any atom is 0.240 e. The van der Waals surface area contributed by atoms with Gasteiger partial charge in [0.15, 0.2) is 0 Å². The number of ether oxygens (including phenoxy) is 1. The van der Waals surface area contributed by atoms with E-state index in [1.165, 1.54) is 11.1 Å². The molecule has 0 aromatic heterocycles. The number of benzene rings is 2. The number of hydrogen-bond donors (Lipinski definition) is 2. The van der Waals surface area contributed by atoms with Gasteiger partial charge in [-0.25, -0.2) is 13.1 Å². The predicted molar refractivity (Wildman–Crippen MR) is 91.7 cm³/mol. The predicted octanol–water partition coefficient (Wildman–Crippen LogP) is 1.79. The molecule has 0 radical (unpaired) electrons. The molecule has 2 aromatic rings. The lowest BCUT2D eigenvalue weighted by Gasteiger charge is -2.27. The maximum absolute atomic E-state index is 12.6. The molecule has 0 fully saturated rings. The standard InChI is InChI=1S/C18H20N2O3S/c21-24(22,15-5-6-18-14(11-15)8-10-23-18)20-12-17-16-4-2-1-3-13(16)7-9-19-17/h1-6,11,17,19-20H,7-10,12H2. The van der Waals surface area contributed by atoms with Crippen molar-refractivity contribution in [1.82, 2.24) is 10.0 Å². The molecule has 2 aliphatic rings. The number of rotatable bonds is 4. The third-order valence-electron chi connectivity index (χ3n) is 4.66. The molecule has 4 rings (SSSR count). The SMILES string of the molecule is O=S(=O)(NCC1NCCc2ccccc21)c1ccc2c(c1)CCO2. The highest BCUT2D eigenvalue weighted by Gasteiger charge is 2.23. The fraction of sp³-hybridized carbons (Fsp3) is 0.333. The van der Waals surface area contributed by atoms with Gasteiger partial charge in [-0.1, -0.05) is 24.3 Å². The van der Waals surface area contributed by atoms with Crippen molar-refractivity contribution in [3.8, 4) is 5.75 Å². The first kappa shape index (κ1) is 15.6. The van der Waals surface area contributed by atoms with Crippen molar-refractivity contribution in [3.05, 3.63) is 59.2 Å². The van der Waals surface area contributed by atoms with Gasteiger partial charge in [-0.3, -0.25) is 0 Å². The molecule has 0 spiro atoms. The largest absolute Gasteiger partial charge is 0.493 e. The van der Waals surface area contributed by atoms with Crippen LogP contribution < -0.4 is 14.8 Å². The summed E-state index contributed by atoms with van der Waals surface area (Å²) in [6.07, 6.45) is 1.74. The molecule has 2 aromatic carbocycles. The Morgan fingerprint density at radius 3 is 2.92 bits per heavy atom. The van der Waals surface area contributed by atoms with Crippen LogP contribution in [-0.4, -0.2) is 28.1 Å². The first-order valence-electron chi connectivity index (χ1n) is 8.20. The van der Waals surface area contributed by atoms with E-state index in [2.05, 4.69) is 22.2 Å². The summed E-state index contributed by atoms with van der Waals surface area (Å²) in [6.45, 7) is 1.82. The van der Waals surface area contributed by atoms with Crippen LogP contribution in [0.15, 0.2) is 47.4 Å². The van der Waals surface area contributed by atoms with E-state index in [0.29, 0.717) is 18.0 Å². The molecule has 0 bridgehead atoms. The van der Waals surface area contributed by atoms with Gasteiger partial charge in [0.05, 0.1) is 11.5 Å². The van der Waals surface area contributed by atoms with Crippen LogP contribution in [0.1, 0.15) is 22.7 Å². The van der Waals surface area contributed by atoms with Crippen LogP contribution >= 0.6 is 0 Å². The Hall–Kier alpha value is -1.89. The minimum Gasteiger partial charge on any atom is -0.493 e. The van der Waals surface area contributed by atoms with Crippen LogP contribution in [0.2, 0.25) is 0 Å². The molecule has 1 unspecified atom stereocenters. The monoisotopic (exact) mass is 344 g/mol. The van der Waals surface area contributed by atoms with Gasteiger partial charge in [0.2, 0.25) is 10.0 Å². The number of fused-ring (bicyclic) bond motifs is 2. The average molecular weight is 344 g/mol. The second-order valence-corrected chi connectivity index (χ2v) is 7.94. The maximum atomic E-state index is 12.6. The fourth-order valence-electron chi connectivity index (χ4n) is 3.38. The Bertz CT molecular complexity index is 864.